The number of hydrogen-bond donors (Lipinski definition) is 9. The lowest BCUT2D eigenvalue weighted by Crippen LogP contribution is -2.52. The number of guanidine groups is 1. The minimum absolute atomic E-state index is 0.103. The molecule has 1 fully saturated rings. The third-order valence-corrected chi connectivity index (χ3v) is 16.1. The topological polar surface area (TPSA) is 353 Å². The lowest BCUT2D eigenvalue weighted by molar-refractivity contribution is -0.157. The molecule has 4 aromatic rings. The van der Waals surface area contributed by atoms with E-state index in [0.29, 0.717) is 6.42 Å². The zero-order valence-electron chi connectivity index (χ0n) is 51.0. The molecule has 0 spiro atoms. The molecular weight excluding hydrogens is 1100 g/mol. The van der Waals surface area contributed by atoms with Gasteiger partial charge in [0.05, 0.1) is 47.9 Å². The van der Waals surface area contributed by atoms with Gasteiger partial charge < -0.3 is 48.9 Å². The highest BCUT2D eigenvalue weighted by atomic mass is 16.4. The number of carboxylic acids is 1. The maximum atomic E-state index is 14.5. The van der Waals surface area contributed by atoms with Crippen molar-refractivity contribution in [1.29, 1.82) is 5.41 Å². The number of amides is 4. The van der Waals surface area contributed by atoms with Gasteiger partial charge in [0.15, 0.2) is 29.1 Å². The quantitative estimate of drug-likeness (QED) is 0.0202. The molecule has 0 aliphatic carbocycles. The smallest absolute Gasteiger partial charge is 0.310 e. The fourth-order valence-electron chi connectivity index (χ4n) is 11.2. The predicted octanol–water partition coefficient (Wildman–Crippen LogP) is 5.45. The van der Waals surface area contributed by atoms with Crippen molar-refractivity contribution in [2.45, 2.75) is 142 Å². The number of aliphatic imine (C=N–C) groups is 1. The molecule has 0 unspecified atom stereocenters. The van der Waals surface area contributed by atoms with Crippen molar-refractivity contribution in [1.82, 2.24) is 20.9 Å². The van der Waals surface area contributed by atoms with Gasteiger partial charge in [-0.2, -0.15) is 0 Å². The summed E-state index contributed by atoms with van der Waals surface area (Å²) in [5.74, 6) is -9.91. The van der Waals surface area contributed by atoms with Crippen LogP contribution in [-0.4, -0.2) is 118 Å². The van der Waals surface area contributed by atoms with Gasteiger partial charge in [0.1, 0.15) is 0 Å². The van der Waals surface area contributed by atoms with E-state index in [4.69, 9.17) is 28.3 Å². The average Bonchev–Trinajstić information content (AvgIpc) is 3.68. The molecule has 0 saturated carbocycles. The number of likely N-dealkylation sites (tertiary alicyclic amines) is 1. The Bertz CT molecular complexity index is 2980. The Morgan fingerprint density at radius 1 is 0.529 bits per heavy atom. The summed E-state index contributed by atoms with van der Waals surface area (Å²) in [5, 5.41) is 27.6. The van der Waals surface area contributed by atoms with Crippen molar-refractivity contribution in [3.05, 3.63) is 144 Å². The van der Waals surface area contributed by atoms with E-state index >= 15 is 0 Å². The number of nitrogens with one attached hydrogen (secondary N) is 4. The second-order valence-corrected chi connectivity index (χ2v) is 24.4. The monoisotopic (exact) mass is 1190 g/mol. The van der Waals surface area contributed by atoms with E-state index < -0.39 is 119 Å². The van der Waals surface area contributed by atoms with Crippen LogP contribution in [0.1, 0.15) is 115 Å². The maximum Gasteiger partial charge on any atom is 0.310 e. The molecular formula is C67H90N10O10. The average molecular weight is 1200 g/mol. The summed E-state index contributed by atoms with van der Waals surface area (Å²) in [7, 11) is 0. The van der Waals surface area contributed by atoms with Crippen LogP contribution in [0.15, 0.2) is 126 Å². The SMILES string of the molecule is CC(C)C[C@@H](CC(=O)[C@@H](Cc1ccccc1)NC(=O)[C@H](C)Cc1ccccc1)C(=O)N[C@H](CC(=N)N)C(=O)CC1(C(=O)O)CCN(C(=O)[C@@H](CN=C(N)N)CC(=O)[C@@H](CC(C)C)NC(=O)[C@H](CC(=O)[C@H](N)Cc2ccccc2)Cc2ccccc2)CC1. The van der Waals surface area contributed by atoms with E-state index in [9.17, 15) is 48.3 Å². The summed E-state index contributed by atoms with van der Waals surface area (Å²) in [4.78, 5) is 133. The summed E-state index contributed by atoms with van der Waals surface area (Å²) in [6.45, 7) is 8.64. The molecule has 20 heteroatoms. The largest absolute Gasteiger partial charge is 0.481 e. The van der Waals surface area contributed by atoms with Gasteiger partial charge in [-0.3, -0.25) is 53.6 Å². The molecule has 5 rings (SSSR count). The van der Waals surface area contributed by atoms with E-state index in [1.165, 1.54) is 4.90 Å². The Morgan fingerprint density at radius 3 is 1.46 bits per heavy atom. The second-order valence-electron chi connectivity index (χ2n) is 24.4. The van der Waals surface area contributed by atoms with Crippen molar-refractivity contribution >= 4 is 64.5 Å². The van der Waals surface area contributed by atoms with Crippen molar-refractivity contribution in [3.8, 4) is 0 Å². The number of nitrogens with zero attached hydrogens (tertiary/aromatic N) is 2. The highest BCUT2D eigenvalue weighted by molar-refractivity contribution is 5.99. The number of nitrogens with two attached hydrogens (primary N) is 4. The highest BCUT2D eigenvalue weighted by Gasteiger charge is 2.46. The van der Waals surface area contributed by atoms with E-state index in [1.54, 1.807) is 6.92 Å². The number of amidine groups is 1. The summed E-state index contributed by atoms with van der Waals surface area (Å²) >= 11 is 0. The van der Waals surface area contributed by atoms with Crippen LogP contribution in [0, 0.1) is 46.3 Å². The van der Waals surface area contributed by atoms with Gasteiger partial charge in [0, 0.05) is 62.9 Å². The number of piperidine rings is 1. The van der Waals surface area contributed by atoms with Crippen LogP contribution >= 0.6 is 0 Å². The summed E-state index contributed by atoms with van der Waals surface area (Å²) in [6, 6.07) is 32.7. The van der Waals surface area contributed by atoms with Crippen molar-refractivity contribution in [3.63, 3.8) is 0 Å². The molecule has 87 heavy (non-hydrogen) atoms. The molecule has 13 N–H and O–H groups in total. The minimum atomic E-state index is -1.73. The van der Waals surface area contributed by atoms with E-state index in [0.717, 1.165) is 22.3 Å². The molecule has 4 aromatic carbocycles. The first-order valence-corrected chi connectivity index (χ1v) is 30.2. The first kappa shape index (κ1) is 69.4. The summed E-state index contributed by atoms with van der Waals surface area (Å²) < 4.78 is 0. The van der Waals surface area contributed by atoms with E-state index in [1.807, 2.05) is 149 Å². The van der Waals surface area contributed by atoms with Crippen LogP contribution in [0.3, 0.4) is 0 Å². The number of benzene rings is 4. The van der Waals surface area contributed by atoms with Gasteiger partial charge in [-0.25, -0.2) is 0 Å². The van der Waals surface area contributed by atoms with Crippen LogP contribution in [0.4, 0.5) is 0 Å². The fraction of sp³-hybridized carbons (Fsp3) is 0.478. The Labute approximate surface area is 511 Å². The molecule has 1 saturated heterocycles. The van der Waals surface area contributed by atoms with Crippen molar-refractivity contribution in [2.75, 3.05) is 19.6 Å². The second kappa shape index (κ2) is 34.1. The summed E-state index contributed by atoms with van der Waals surface area (Å²) in [6.07, 6.45) is -0.930. The third kappa shape index (κ3) is 22.8. The number of aliphatic carboxylic acids is 1. The first-order chi connectivity index (χ1) is 41.3. The zero-order valence-corrected chi connectivity index (χ0v) is 51.0. The van der Waals surface area contributed by atoms with Gasteiger partial charge in [0.2, 0.25) is 23.6 Å². The first-order valence-electron chi connectivity index (χ1n) is 30.2. The molecule has 8 atom stereocenters. The van der Waals surface area contributed by atoms with Gasteiger partial charge >= 0.3 is 5.97 Å². The minimum Gasteiger partial charge on any atom is -0.481 e. The zero-order chi connectivity index (χ0) is 63.8. The van der Waals surface area contributed by atoms with E-state index in [2.05, 4.69) is 20.9 Å². The van der Waals surface area contributed by atoms with Crippen LogP contribution in [-0.2, 0) is 68.8 Å². The van der Waals surface area contributed by atoms with Gasteiger partial charge in [0.25, 0.3) is 0 Å². The van der Waals surface area contributed by atoms with Crippen LogP contribution in [0.2, 0.25) is 0 Å². The Morgan fingerprint density at radius 2 is 0.966 bits per heavy atom. The molecule has 4 amide bonds. The number of carboxylic acid groups (broad SMARTS) is 1. The normalized spacial score (nSPS) is 15.7. The number of carbonyl (C=O) groups excluding carboxylic acids is 8. The molecule has 0 radical (unpaired) electrons. The van der Waals surface area contributed by atoms with Crippen LogP contribution in [0.25, 0.3) is 0 Å². The van der Waals surface area contributed by atoms with Crippen LogP contribution in [0.5, 0.6) is 0 Å². The molecule has 1 aliphatic heterocycles. The number of Topliss-reactive ketones (excluding diaryl/α,β-unsaturated/α-hetero) is 4. The fourth-order valence-corrected chi connectivity index (χ4v) is 11.2. The Balaban J connectivity index is 1.29. The molecule has 0 bridgehead atoms. The maximum absolute atomic E-state index is 14.5. The van der Waals surface area contributed by atoms with Crippen LogP contribution < -0.4 is 38.9 Å². The summed E-state index contributed by atoms with van der Waals surface area (Å²) in [5.41, 5.74) is 25.4. The number of rotatable bonds is 36. The van der Waals surface area contributed by atoms with Gasteiger partial charge in [-0.05, 0) is 85.5 Å². The lowest BCUT2D eigenvalue weighted by atomic mass is 9.73. The molecule has 468 valence electrons. The highest BCUT2D eigenvalue weighted by Crippen LogP contribution is 2.37. The van der Waals surface area contributed by atoms with Gasteiger partial charge in [-0.15, -0.1) is 0 Å². The molecule has 20 nitrogen and oxygen atoms in total. The van der Waals surface area contributed by atoms with Crippen molar-refractivity contribution in [2.24, 2.45) is 68.8 Å². The van der Waals surface area contributed by atoms with E-state index in [-0.39, 0.29) is 107 Å². The number of ketones is 4. The lowest BCUT2D eigenvalue weighted by Gasteiger charge is -2.40. The Kier molecular flexibility index (Phi) is 27.2. The Hall–Kier alpha value is -8.39. The molecule has 1 heterocycles. The molecule has 1 aliphatic rings. The van der Waals surface area contributed by atoms with Gasteiger partial charge in [-0.1, -0.05) is 156 Å². The predicted molar refractivity (Wildman–Crippen MR) is 334 cm³/mol. The number of hydrogen-bond acceptors (Lipinski definition) is 12. The molecule has 0 aromatic heterocycles. The van der Waals surface area contributed by atoms with Crippen molar-refractivity contribution < 1.29 is 48.3 Å². The standard InChI is InChI=1S/C67H90N10O10/c1-42(2)30-49(37-57(79)54(35-48-24-16-9-17-25-48)74-61(82)44(5)32-45-18-10-6-11-19-45)62(83)76-55(39-60(69)70)59(81)40-67(65(86)87)26-28-77(29-27-67)64(85)51(41-73-66(71)72)38-58(80)53(31-43(3)4)75-63(84)50(33-46-20-12-7-13-21-46)36-56(78)52(68)34-47-22-14-8-15-23-47/h6-25,42-44,49-55H,26-41,68H2,1-5H3,(H3,69,70)(H,74,82)(H,75,84)(H,76,83)(H,86,87)(H4,71,72,73)/t44-,49+,50+,51-,52-,53-,54-,55-/m1/s1. The third-order valence-electron chi connectivity index (χ3n) is 16.1. The number of carbonyl (C=O) groups is 9.